The largest absolute Gasteiger partial charge is 0.493 e. The third kappa shape index (κ3) is 6.92. The van der Waals surface area contributed by atoms with Crippen LogP contribution in [-0.4, -0.2) is 74.5 Å². The Labute approximate surface area is 243 Å². The van der Waals surface area contributed by atoms with Gasteiger partial charge in [-0.1, -0.05) is 0 Å². The number of amidine groups is 1. The third-order valence-electron chi connectivity index (χ3n) is 6.01. The zero-order chi connectivity index (χ0) is 31.1. The lowest BCUT2D eigenvalue weighted by Crippen LogP contribution is -2.40. The van der Waals surface area contributed by atoms with Gasteiger partial charge in [0.1, 0.15) is 18.6 Å². The lowest BCUT2D eigenvalue weighted by molar-refractivity contribution is -0.134. The Bertz CT molecular complexity index is 1670. The number of amides is 1. The number of carboxylic acid groups (broad SMARTS) is 1. The molecular formula is C27H28FN9O6. The Morgan fingerprint density at radius 2 is 1.93 bits per heavy atom. The summed E-state index contributed by atoms with van der Waals surface area (Å²) in [5.41, 5.74) is 7.00. The minimum Gasteiger partial charge on any atom is -0.493 e. The molecule has 0 saturated heterocycles. The Morgan fingerprint density at radius 1 is 1.26 bits per heavy atom. The lowest BCUT2D eigenvalue weighted by Gasteiger charge is -2.31. The number of carbonyl (C=O) groups is 2. The molecule has 0 bridgehead atoms. The number of nitrogens with two attached hydrogens (primary N) is 1. The molecule has 0 spiro atoms. The van der Waals surface area contributed by atoms with Crippen LogP contribution in [0.1, 0.15) is 29.9 Å². The molecule has 4 aromatic rings. The van der Waals surface area contributed by atoms with Crippen molar-refractivity contribution in [3.05, 3.63) is 82.3 Å². The van der Waals surface area contributed by atoms with Crippen LogP contribution in [0.4, 0.5) is 15.8 Å². The minimum absolute atomic E-state index is 0.0747. The van der Waals surface area contributed by atoms with Crippen molar-refractivity contribution in [1.29, 1.82) is 5.41 Å². The van der Waals surface area contributed by atoms with Gasteiger partial charge in [0.2, 0.25) is 0 Å². The summed E-state index contributed by atoms with van der Waals surface area (Å²) in [5, 5.41) is 22.8. The molecule has 1 atom stereocenters. The second-order valence-electron chi connectivity index (χ2n) is 8.96. The van der Waals surface area contributed by atoms with E-state index in [1.807, 2.05) is 0 Å². The normalized spacial score (nSPS) is 12.7. The fraction of sp³-hybridized carbons (Fsp3) is 0.222. The Balaban J connectivity index is 0.000000996. The van der Waals surface area contributed by atoms with E-state index in [4.69, 9.17) is 30.5 Å². The highest BCUT2D eigenvalue weighted by Crippen LogP contribution is 2.43. The zero-order valence-corrected chi connectivity index (χ0v) is 23.1. The van der Waals surface area contributed by atoms with Crippen LogP contribution in [-0.2, 0) is 9.59 Å². The second kappa shape index (κ2) is 13.2. The number of anilines is 2. The maximum absolute atomic E-state index is 13.4. The summed E-state index contributed by atoms with van der Waals surface area (Å²) in [4.78, 5) is 46.6. The number of carboxylic acids is 1. The molecule has 0 aliphatic carbocycles. The molecule has 0 fully saturated rings. The van der Waals surface area contributed by atoms with Crippen LogP contribution in [0.3, 0.4) is 0 Å². The topological polar surface area (TPSA) is 214 Å². The van der Waals surface area contributed by atoms with Crippen molar-refractivity contribution in [1.82, 2.24) is 24.7 Å². The van der Waals surface area contributed by atoms with Gasteiger partial charge in [-0.3, -0.25) is 20.0 Å². The number of hydrogen-bond acceptors (Lipinski definition) is 10. The molecule has 1 aliphatic heterocycles. The quantitative estimate of drug-likeness (QED) is 0.139. The SMILES string of the molecule is CC(=O)O.COc1cc([C@H](Nc2ccc(C(=N)N)cc2)c2nn(-c3ncccn3)c(=O)[nH]2)cc2c1OCC(=O)N2CCF. The van der Waals surface area contributed by atoms with Crippen LogP contribution in [0.25, 0.3) is 5.95 Å². The van der Waals surface area contributed by atoms with Gasteiger partial charge in [-0.2, -0.15) is 0 Å². The summed E-state index contributed by atoms with van der Waals surface area (Å²) in [5.74, 6) is -0.430. The van der Waals surface area contributed by atoms with Gasteiger partial charge < -0.3 is 30.5 Å². The molecule has 224 valence electrons. The summed E-state index contributed by atoms with van der Waals surface area (Å²) < 4.78 is 25.6. The lowest BCUT2D eigenvalue weighted by atomic mass is 10.0. The molecule has 1 aliphatic rings. The number of nitrogens with one attached hydrogen (secondary N) is 3. The number of halogens is 1. The average Bonchev–Trinajstić information content (AvgIpc) is 3.38. The number of methoxy groups -OCH3 is 1. The van der Waals surface area contributed by atoms with E-state index >= 15 is 0 Å². The summed E-state index contributed by atoms with van der Waals surface area (Å²) in [6.45, 7) is -0.0818. The van der Waals surface area contributed by atoms with Crippen LogP contribution in [0, 0.1) is 5.41 Å². The first-order valence-electron chi connectivity index (χ1n) is 12.7. The number of aromatic nitrogens is 5. The van der Waals surface area contributed by atoms with Crippen molar-refractivity contribution < 1.29 is 28.6 Å². The van der Waals surface area contributed by atoms with Gasteiger partial charge in [-0.05, 0) is 48.0 Å². The van der Waals surface area contributed by atoms with Gasteiger partial charge >= 0.3 is 5.69 Å². The fourth-order valence-corrected chi connectivity index (χ4v) is 4.18. The molecule has 6 N–H and O–H groups in total. The van der Waals surface area contributed by atoms with Gasteiger partial charge in [-0.15, -0.1) is 9.78 Å². The minimum atomic E-state index is -0.833. The van der Waals surface area contributed by atoms with E-state index in [0.29, 0.717) is 34.0 Å². The highest BCUT2D eigenvalue weighted by Gasteiger charge is 2.31. The van der Waals surface area contributed by atoms with Gasteiger partial charge in [0.25, 0.3) is 17.8 Å². The van der Waals surface area contributed by atoms with Crippen molar-refractivity contribution in [3.63, 3.8) is 0 Å². The molecule has 2 aromatic carbocycles. The highest BCUT2D eigenvalue weighted by atomic mass is 19.1. The summed E-state index contributed by atoms with van der Waals surface area (Å²) in [6, 6.07) is 10.9. The number of aromatic amines is 1. The Kier molecular flexibility index (Phi) is 9.29. The van der Waals surface area contributed by atoms with Crippen molar-refractivity contribution in [3.8, 4) is 17.4 Å². The predicted molar refractivity (Wildman–Crippen MR) is 153 cm³/mol. The van der Waals surface area contributed by atoms with Crippen LogP contribution >= 0.6 is 0 Å². The van der Waals surface area contributed by atoms with E-state index < -0.39 is 30.3 Å². The molecule has 0 radical (unpaired) electrons. The number of aliphatic carboxylic acids is 1. The second-order valence-corrected chi connectivity index (χ2v) is 8.96. The number of rotatable bonds is 9. The Hall–Kier alpha value is -5.80. The number of carbonyl (C=O) groups excluding carboxylic acids is 1. The molecular weight excluding hydrogens is 565 g/mol. The van der Waals surface area contributed by atoms with Gasteiger partial charge in [0.05, 0.1) is 19.3 Å². The van der Waals surface area contributed by atoms with Crippen LogP contribution in [0.5, 0.6) is 11.5 Å². The first-order valence-corrected chi connectivity index (χ1v) is 12.7. The van der Waals surface area contributed by atoms with Gasteiger partial charge in [-0.25, -0.2) is 19.2 Å². The number of H-pyrrole nitrogens is 1. The summed E-state index contributed by atoms with van der Waals surface area (Å²) >= 11 is 0. The fourth-order valence-electron chi connectivity index (χ4n) is 4.18. The summed E-state index contributed by atoms with van der Waals surface area (Å²) in [6.07, 6.45) is 2.97. The van der Waals surface area contributed by atoms with E-state index in [9.17, 15) is 14.0 Å². The van der Waals surface area contributed by atoms with Crippen molar-refractivity contribution >= 4 is 29.1 Å². The maximum atomic E-state index is 13.4. The van der Waals surface area contributed by atoms with Crippen LogP contribution in [0.15, 0.2) is 59.7 Å². The molecule has 2 aromatic heterocycles. The molecule has 1 amide bonds. The molecule has 0 unspecified atom stereocenters. The molecule has 43 heavy (non-hydrogen) atoms. The van der Waals surface area contributed by atoms with Crippen molar-refractivity contribution in [2.75, 3.05) is 37.2 Å². The zero-order valence-electron chi connectivity index (χ0n) is 23.1. The summed E-state index contributed by atoms with van der Waals surface area (Å²) in [7, 11) is 1.45. The molecule has 0 saturated carbocycles. The van der Waals surface area contributed by atoms with E-state index in [2.05, 4.69) is 25.4 Å². The number of alkyl halides is 1. The first kappa shape index (κ1) is 30.2. The first-order chi connectivity index (χ1) is 20.6. The maximum Gasteiger partial charge on any atom is 0.350 e. The number of hydrogen-bond donors (Lipinski definition) is 5. The molecule has 15 nitrogen and oxygen atoms in total. The van der Waals surface area contributed by atoms with Crippen molar-refractivity contribution in [2.45, 2.75) is 13.0 Å². The van der Waals surface area contributed by atoms with Crippen LogP contribution < -0.4 is 31.1 Å². The number of ether oxygens (including phenoxy) is 2. The van der Waals surface area contributed by atoms with E-state index in [-0.39, 0.29) is 30.8 Å². The molecule has 5 rings (SSSR count). The third-order valence-corrected chi connectivity index (χ3v) is 6.01. The number of benzene rings is 2. The van der Waals surface area contributed by atoms with E-state index in [1.54, 1.807) is 42.5 Å². The monoisotopic (exact) mass is 593 g/mol. The predicted octanol–water partition coefficient (Wildman–Crippen LogP) is 1.63. The number of nitrogens with zero attached hydrogens (tertiary/aromatic N) is 5. The Morgan fingerprint density at radius 3 is 2.53 bits per heavy atom. The van der Waals surface area contributed by atoms with Gasteiger partial charge in [0, 0.05) is 30.6 Å². The average molecular weight is 594 g/mol. The smallest absolute Gasteiger partial charge is 0.350 e. The standard InChI is InChI=1S/C25H24FN9O4.C2H4O2/c1-38-18-12-15(11-17-21(18)39-13-19(36)34(17)10-7-26)20(31-16-5-3-14(4-6-16)22(27)28)23-32-25(37)35(33-23)24-29-8-2-9-30-24;1-2(3)4/h2-6,8-9,11-12,20,31H,7,10,13H2,1H3,(H3,27,28)(H,32,33,37);1H3,(H,3,4)/t20-;/m0./s1. The molecule has 16 heteroatoms. The van der Waals surface area contributed by atoms with Crippen molar-refractivity contribution in [2.24, 2.45) is 5.73 Å². The number of fused-ring (bicyclic) bond motifs is 1. The van der Waals surface area contributed by atoms with E-state index in [1.165, 1.54) is 24.4 Å². The highest BCUT2D eigenvalue weighted by molar-refractivity contribution is 5.99. The van der Waals surface area contributed by atoms with E-state index in [0.717, 1.165) is 11.6 Å². The van der Waals surface area contributed by atoms with Crippen LogP contribution in [0.2, 0.25) is 0 Å². The van der Waals surface area contributed by atoms with Gasteiger partial charge in [0.15, 0.2) is 23.9 Å². The number of nitrogen functional groups attached to an aromatic ring is 1. The molecule has 3 heterocycles.